The van der Waals surface area contributed by atoms with Gasteiger partial charge in [-0.15, -0.1) is 0 Å². The first-order chi connectivity index (χ1) is 7.27. The van der Waals surface area contributed by atoms with Crippen molar-refractivity contribution in [3.05, 3.63) is 23.5 Å². The number of nitrogens with one attached hydrogen (secondary N) is 1. The largest absolute Gasteiger partial charge is 0.365 e. The van der Waals surface area contributed by atoms with Crippen LogP contribution in [0.15, 0.2) is 12.3 Å². The van der Waals surface area contributed by atoms with Gasteiger partial charge in [0.05, 0.1) is 0 Å². The summed E-state index contributed by atoms with van der Waals surface area (Å²) in [7, 11) is 0. The normalized spacial score (nSPS) is 26.6. The molecule has 2 unspecified atom stereocenters. The molecule has 0 fully saturated rings. The monoisotopic (exact) mass is 206 g/mol. The smallest absolute Gasteiger partial charge is 0.0340 e. The van der Waals surface area contributed by atoms with Crippen LogP contribution in [0.5, 0.6) is 0 Å². The number of hydrogen-bond acceptors (Lipinski definition) is 1. The molecule has 1 N–H and O–H groups in total. The molecule has 2 atom stereocenters. The Morgan fingerprint density at radius 1 is 1.47 bits per heavy atom. The third-order valence-corrected chi connectivity index (χ3v) is 3.68. The van der Waals surface area contributed by atoms with E-state index in [1.807, 2.05) is 0 Å². The fourth-order valence-corrected chi connectivity index (χ4v) is 2.85. The molecule has 0 radical (unpaired) electrons. The van der Waals surface area contributed by atoms with Gasteiger partial charge in [-0.3, -0.25) is 4.90 Å². The lowest BCUT2D eigenvalue weighted by atomic mass is 9.93. The van der Waals surface area contributed by atoms with Crippen LogP contribution in [0.2, 0.25) is 0 Å². The van der Waals surface area contributed by atoms with Crippen LogP contribution in [0.3, 0.4) is 0 Å². The van der Waals surface area contributed by atoms with E-state index in [-0.39, 0.29) is 0 Å². The number of aromatic nitrogens is 1. The number of aromatic amines is 1. The molecule has 84 valence electrons. The maximum atomic E-state index is 3.39. The molecule has 0 amide bonds. The van der Waals surface area contributed by atoms with Crippen molar-refractivity contribution in [1.29, 1.82) is 0 Å². The molecule has 0 aromatic carbocycles. The maximum Gasteiger partial charge on any atom is 0.0340 e. The van der Waals surface area contributed by atoms with Crippen LogP contribution < -0.4 is 0 Å². The minimum Gasteiger partial charge on any atom is -0.365 e. The van der Waals surface area contributed by atoms with Crippen LogP contribution in [0.1, 0.15) is 50.9 Å². The summed E-state index contributed by atoms with van der Waals surface area (Å²) in [5.74, 6) is 0. The highest BCUT2D eigenvalue weighted by Gasteiger charge is 2.30. The average Bonchev–Trinajstić information content (AvgIpc) is 2.70. The number of H-pyrrole nitrogens is 1. The zero-order valence-electron chi connectivity index (χ0n) is 10.1. The third-order valence-electron chi connectivity index (χ3n) is 3.68. The highest BCUT2D eigenvalue weighted by Crippen LogP contribution is 2.33. The van der Waals surface area contributed by atoms with Crippen molar-refractivity contribution in [2.45, 2.75) is 52.1 Å². The molecular formula is C13H22N2. The molecule has 2 nitrogen and oxygen atoms in total. The van der Waals surface area contributed by atoms with Gasteiger partial charge in [0.15, 0.2) is 0 Å². The highest BCUT2D eigenvalue weighted by molar-refractivity contribution is 5.27. The lowest BCUT2D eigenvalue weighted by Gasteiger charge is -2.40. The Labute approximate surface area is 92.7 Å². The second-order valence-electron chi connectivity index (χ2n) is 4.59. The second-order valence-corrected chi connectivity index (χ2v) is 4.59. The summed E-state index contributed by atoms with van der Waals surface area (Å²) in [5.41, 5.74) is 2.97. The van der Waals surface area contributed by atoms with Crippen LogP contribution in [0.25, 0.3) is 0 Å². The first-order valence-electron chi connectivity index (χ1n) is 6.19. The summed E-state index contributed by atoms with van der Waals surface area (Å²) in [6.07, 6.45) is 5.79. The molecule has 0 aliphatic carbocycles. The molecule has 0 saturated heterocycles. The van der Waals surface area contributed by atoms with Crippen molar-refractivity contribution in [3.63, 3.8) is 0 Å². The summed E-state index contributed by atoms with van der Waals surface area (Å²) < 4.78 is 0. The van der Waals surface area contributed by atoms with Gasteiger partial charge in [-0.2, -0.15) is 0 Å². The topological polar surface area (TPSA) is 19.0 Å². The first-order valence-corrected chi connectivity index (χ1v) is 6.19. The second kappa shape index (κ2) is 4.40. The zero-order valence-corrected chi connectivity index (χ0v) is 10.1. The van der Waals surface area contributed by atoms with Gasteiger partial charge < -0.3 is 4.98 Å². The molecule has 0 saturated carbocycles. The molecule has 2 heteroatoms. The van der Waals surface area contributed by atoms with Crippen molar-refractivity contribution >= 4 is 0 Å². The molecule has 1 aromatic heterocycles. The van der Waals surface area contributed by atoms with Crippen molar-refractivity contribution in [2.75, 3.05) is 6.54 Å². The van der Waals surface area contributed by atoms with Crippen LogP contribution >= 0.6 is 0 Å². The lowest BCUT2D eigenvalue weighted by Crippen LogP contribution is -2.42. The molecule has 2 rings (SSSR count). The first kappa shape index (κ1) is 10.7. The van der Waals surface area contributed by atoms with Crippen molar-refractivity contribution in [1.82, 2.24) is 9.88 Å². The molecular weight excluding hydrogens is 184 g/mol. The summed E-state index contributed by atoms with van der Waals surface area (Å²) in [6.45, 7) is 8.13. The molecule has 15 heavy (non-hydrogen) atoms. The molecule has 1 aromatic rings. The quantitative estimate of drug-likeness (QED) is 0.805. The Balaban J connectivity index is 2.25. The summed E-state index contributed by atoms with van der Waals surface area (Å²) >= 11 is 0. The highest BCUT2D eigenvalue weighted by atomic mass is 15.2. The van der Waals surface area contributed by atoms with Gasteiger partial charge in [-0.25, -0.2) is 0 Å². The average molecular weight is 206 g/mol. The molecule has 1 aliphatic heterocycles. The van der Waals surface area contributed by atoms with E-state index in [2.05, 4.69) is 42.9 Å². The number of nitrogens with zero attached hydrogens (tertiary/aromatic N) is 1. The van der Waals surface area contributed by atoms with Gasteiger partial charge in [-0.05, 0) is 37.9 Å². The van der Waals surface area contributed by atoms with Crippen molar-refractivity contribution in [2.24, 2.45) is 0 Å². The SMILES string of the molecule is CCCN1C(CC)Cc2[nH]ccc2C1C. The maximum absolute atomic E-state index is 3.39. The van der Waals surface area contributed by atoms with E-state index in [9.17, 15) is 0 Å². The Bertz CT molecular complexity index is 316. The van der Waals surface area contributed by atoms with E-state index < -0.39 is 0 Å². The van der Waals surface area contributed by atoms with Crippen LogP contribution in [0.4, 0.5) is 0 Å². The number of hydrogen-bond donors (Lipinski definition) is 1. The Kier molecular flexibility index (Phi) is 3.15. The number of rotatable bonds is 3. The summed E-state index contributed by atoms with van der Waals surface area (Å²) in [5, 5.41) is 0. The van der Waals surface area contributed by atoms with Crippen LogP contribution in [-0.2, 0) is 6.42 Å². The van der Waals surface area contributed by atoms with Gasteiger partial charge in [-0.1, -0.05) is 13.8 Å². The van der Waals surface area contributed by atoms with E-state index in [0.717, 1.165) is 6.04 Å². The van der Waals surface area contributed by atoms with E-state index in [1.54, 1.807) is 0 Å². The van der Waals surface area contributed by atoms with E-state index >= 15 is 0 Å². The lowest BCUT2D eigenvalue weighted by molar-refractivity contribution is 0.123. The van der Waals surface area contributed by atoms with Crippen molar-refractivity contribution < 1.29 is 0 Å². The van der Waals surface area contributed by atoms with E-state index in [0.29, 0.717) is 6.04 Å². The van der Waals surface area contributed by atoms with Gasteiger partial charge >= 0.3 is 0 Å². The fraction of sp³-hybridized carbons (Fsp3) is 0.692. The predicted octanol–water partition coefficient (Wildman–Crippen LogP) is 3.12. The minimum absolute atomic E-state index is 0.588. The van der Waals surface area contributed by atoms with E-state index in [1.165, 1.54) is 37.1 Å². The molecule has 1 aliphatic rings. The van der Waals surface area contributed by atoms with Gasteiger partial charge in [0.1, 0.15) is 0 Å². The minimum atomic E-state index is 0.588. The van der Waals surface area contributed by atoms with E-state index in [4.69, 9.17) is 0 Å². The predicted molar refractivity (Wildman–Crippen MR) is 64.0 cm³/mol. The Hall–Kier alpha value is -0.760. The van der Waals surface area contributed by atoms with Gasteiger partial charge in [0.2, 0.25) is 0 Å². The summed E-state index contributed by atoms with van der Waals surface area (Å²) in [4.78, 5) is 6.05. The zero-order chi connectivity index (χ0) is 10.8. The fourth-order valence-electron chi connectivity index (χ4n) is 2.85. The summed E-state index contributed by atoms with van der Waals surface area (Å²) in [6, 6.07) is 3.56. The number of fused-ring (bicyclic) bond motifs is 1. The van der Waals surface area contributed by atoms with Crippen LogP contribution in [0, 0.1) is 0 Å². The third kappa shape index (κ3) is 1.83. The Morgan fingerprint density at radius 2 is 2.27 bits per heavy atom. The Morgan fingerprint density at radius 3 is 2.93 bits per heavy atom. The van der Waals surface area contributed by atoms with Gasteiger partial charge in [0.25, 0.3) is 0 Å². The molecule has 0 bridgehead atoms. The van der Waals surface area contributed by atoms with Crippen LogP contribution in [-0.4, -0.2) is 22.5 Å². The molecule has 0 spiro atoms. The standard InChI is InChI=1S/C13H22N2/c1-4-8-15-10(3)12-6-7-14-13(12)9-11(15)5-2/h6-7,10-11,14H,4-5,8-9H2,1-3H3. The van der Waals surface area contributed by atoms with Gasteiger partial charge in [0, 0.05) is 30.4 Å². The van der Waals surface area contributed by atoms with Crippen molar-refractivity contribution in [3.8, 4) is 0 Å². The molecule has 2 heterocycles.